The lowest BCUT2D eigenvalue weighted by molar-refractivity contribution is 0.458. The van der Waals surface area contributed by atoms with Gasteiger partial charge in [-0.1, -0.05) is 29.3 Å². The molecule has 1 aromatic carbocycles. The van der Waals surface area contributed by atoms with Crippen LogP contribution >= 0.6 is 23.3 Å². The van der Waals surface area contributed by atoms with E-state index < -0.39 is 5.43 Å². The summed E-state index contributed by atoms with van der Waals surface area (Å²) in [6, 6.07) is 5.66. The summed E-state index contributed by atoms with van der Waals surface area (Å²) in [6.45, 7) is 3.89. The van der Waals surface area contributed by atoms with Crippen LogP contribution in [-0.4, -0.2) is 8.75 Å². The Morgan fingerprint density at radius 3 is 2.76 bits per heavy atom. The van der Waals surface area contributed by atoms with Gasteiger partial charge in [-0.25, -0.2) is 0 Å². The molecule has 0 unspecified atom stereocenters. The molecule has 0 amide bonds. The second kappa shape index (κ2) is 4.81. The predicted octanol–water partition coefficient (Wildman–Crippen LogP) is 2.96. The molecule has 0 aliphatic rings. The van der Waals surface area contributed by atoms with Crippen molar-refractivity contribution in [3.05, 3.63) is 44.7 Å². The number of nitrogens with zero attached hydrogens (tertiary/aromatic N) is 2. The molecule has 4 nitrogen and oxygen atoms in total. The van der Waals surface area contributed by atoms with E-state index in [0.717, 1.165) is 22.9 Å². The summed E-state index contributed by atoms with van der Waals surface area (Å²) in [4.78, 5) is 11.6. The van der Waals surface area contributed by atoms with Gasteiger partial charge in [0.1, 0.15) is 5.75 Å². The van der Waals surface area contributed by atoms with Crippen LogP contribution < -0.4 is 10.2 Å². The topological polar surface area (TPSA) is 52.1 Å². The molecule has 88 valence electrons. The van der Waals surface area contributed by atoms with Crippen LogP contribution in [0.15, 0.2) is 23.0 Å². The average molecular weight is 269 g/mol. The van der Waals surface area contributed by atoms with E-state index in [1.165, 1.54) is 0 Å². The number of hydrogen-bond donors (Lipinski definition) is 0. The average Bonchev–Trinajstić information content (AvgIpc) is 2.28. The second-order valence-corrected chi connectivity index (χ2v) is 4.45. The smallest absolute Gasteiger partial charge is 0.283 e. The molecule has 0 spiro atoms. The molecule has 0 saturated carbocycles. The molecule has 0 N–H and O–H groups in total. The van der Waals surface area contributed by atoms with Crippen molar-refractivity contribution in [2.45, 2.75) is 13.8 Å². The minimum absolute atomic E-state index is 0.0399. The van der Waals surface area contributed by atoms with Gasteiger partial charge in [0.15, 0.2) is 5.15 Å². The van der Waals surface area contributed by atoms with Gasteiger partial charge in [0.05, 0.1) is 11.7 Å². The van der Waals surface area contributed by atoms with E-state index in [2.05, 4.69) is 8.75 Å². The molecule has 2 rings (SSSR count). The van der Waals surface area contributed by atoms with Gasteiger partial charge in [-0.3, -0.25) is 4.79 Å². The van der Waals surface area contributed by atoms with Crippen molar-refractivity contribution < 1.29 is 4.74 Å². The van der Waals surface area contributed by atoms with E-state index in [1.807, 2.05) is 26.0 Å². The van der Waals surface area contributed by atoms with E-state index in [4.69, 9.17) is 16.3 Å². The molecule has 0 aliphatic heterocycles. The summed E-state index contributed by atoms with van der Waals surface area (Å²) in [5, 5.41) is -0.121. The van der Waals surface area contributed by atoms with Gasteiger partial charge in [0.2, 0.25) is 0 Å². The zero-order chi connectivity index (χ0) is 12.4. The molecule has 0 atom stereocenters. The van der Waals surface area contributed by atoms with Crippen molar-refractivity contribution in [1.29, 1.82) is 0 Å². The Labute approximate surface area is 107 Å². The van der Waals surface area contributed by atoms with Gasteiger partial charge in [0, 0.05) is 0 Å². The van der Waals surface area contributed by atoms with Gasteiger partial charge in [-0.05, 0) is 25.5 Å². The van der Waals surface area contributed by atoms with Gasteiger partial charge < -0.3 is 4.74 Å². The fraction of sp³-hybridized carbons (Fsp3) is 0.182. The van der Waals surface area contributed by atoms with Crippen LogP contribution in [0.25, 0.3) is 0 Å². The third kappa shape index (κ3) is 2.62. The number of hydrogen-bond acceptors (Lipinski definition) is 5. The first-order valence-corrected chi connectivity index (χ1v) is 5.96. The van der Waals surface area contributed by atoms with Crippen LogP contribution in [0.4, 0.5) is 0 Å². The lowest BCUT2D eigenvalue weighted by Gasteiger charge is -2.07. The van der Waals surface area contributed by atoms with Crippen LogP contribution in [-0.2, 0) is 0 Å². The first-order valence-electron chi connectivity index (χ1n) is 4.85. The van der Waals surface area contributed by atoms with E-state index >= 15 is 0 Å². The lowest BCUT2D eigenvalue weighted by atomic mass is 10.1. The molecule has 1 aromatic heterocycles. The van der Waals surface area contributed by atoms with Crippen LogP contribution in [0, 0.1) is 13.8 Å². The van der Waals surface area contributed by atoms with Crippen molar-refractivity contribution in [1.82, 2.24) is 8.75 Å². The Balaban J connectivity index is 2.38. The van der Waals surface area contributed by atoms with Crippen LogP contribution in [0.2, 0.25) is 5.15 Å². The summed E-state index contributed by atoms with van der Waals surface area (Å²) < 4.78 is 12.9. The zero-order valence-electron chi connectivity index (χ0n) is 9.23. The van der Waals surface area contributed by atoms with Crippen molar-refractivity contribution in [2.24, 2.45) is 0 Å². The summed E-state index contributed by atoms with van der Waals surface area (Å²) in [5.41, 5.74) is 1.57. The molecule has 0 fully saturated rings. The van der Waals surface area contributed by atoms with Gasteiger partial charge in [-0.15, -0.1) is 4.37 Å². The summed E-state index contributed by atoms with van der Waals surface area (Å²) in [5.74, 6) is 0.552. The van der Waals surface area contributed by atoms with Gasteiger partial charge >= 0.3 is 0 Å². The molecule has 0 saturated heterocycles. The molecule has 6 heteroatoms. The first-order chi connectivity index (χ1) is 8.08. The molecular formula is C11H9ClN2O2S. The molecular weight excluding hydrogens is 260 g/mol. The lowest BCUT2D eigenvalue weighted by Crippen LogP contribution is -2.08. The van der Waals surface area contributed by atoms with Crippen molar-refractivity contribution in [3.8, 4) is 11.6 Å². The number of ether oxygens (including phenoxy) is 1. The number of rotatable bonds is 2. The first kappa shape index (κ1) is 12.0. The van der Waals surface area contributed by atoms with Gasteiger partial charge in [0.25, 0.3) is 11.3 Å². The highest BCUT2D eigenvalue weighted by atomic mass is 35.5. The highest BCUT2D eigenvalue weighted by molar-refractivity contribution is 6.99. The Kier molecular flexibility index (Phi) is 3.40. The number of halogens is 1. The van der Waals surface area contributed by atoms with Crippen LogP contribution in [0.1, 0.15) is 11.1 Å². The van der Waals surface area contributed by atoms with E-state index in [0.29, 0.717) is 5.75 Å². The minimum Gasteiger partial charge on any atom is -0.435 e. The van der Waals surface area contributed by atoms with Crippen molar-refractivity contribution >= 4 is 23.3 Å². The summed E-state index contributed by atoms with van der Waals surface area (Å²) in [6.07, 6.45) is 0. The molecule has 0 radical (unpaired) electrons. The monoisotopic (exact) mass is 268 g/mol. The summed E-state index contributed by atoms with van der Waals surface area (Å²) in [7, 11) is 0. The SMILES string of the molecule is Cc1ccc(Oc2nsnc(Cl)c2=O)c(C)c1. The molecule has 17 heavy (non-hydrogen) atoms. The molecule has 2 aromatic rings. The molecule has 0 bridgehead atoms. The zero-order valence-corrected chi connectivity index (χ0v) is 10.8. The third-order valence-electron chi connectivity index (χ3n) is 2.16. The Morgan fingerprint density at radius 2 is 2.06 bits per heavy atom. The third-order valence-corrected chi connectivity index (χ3v) is 3.03. The maximum atomic E-state index is 11.6. The van der Waals surface area contributed by atoms with Crippen molar-refractivity contribution in [3.63, 3.8) is 0 Å². The quantitative estimate of drug-likeness (QED) is 0.840. The summed E-state index contributed by atoms with van der Waals surface area (Å²) >= 11 is 6.45. The molecule has 1 heterocycles. The number of aryl methyl sites for hydroxylation is 2. The minimum atomic E-state index is -0.495. The number of aromatic nitrogens is 2. The number of benzene rings is 1. The Morgan fingerprint density at radius 1 is 1.29 bits per heavy atom. The predicted molar refractivity (Wildman–Crippen MR) is 67.2 cm³/mol. The van der Waals surface area contributed by atoms with E-state index in [-0.39, 0.29) is 11.0 Å². The molecule has 0 aliphatic carbocycles. The van der Waals surface area contributed by atoms with E-state index in [1.54, 1.807) is 6.07 Å². The Bertz CT molecular complexity index is 613. The van der Waals surface area contributed by atoms with Crippen molar-refractivity contribution in [2.75, 3.05) is 0 Å². The standard InChI is InChI=1S/C11H9ClN2O2S/c1-6-3-4-8(7(2)5-6)16-11-9(15)10(12)13-17-14-11/h3-5H,1-2H3. The maximum Gasteiger partial charge on any atom is 0.283 e. The van der Waals surface area contributed by atoms with Gasteiger partial charge in [-0.2, -0.15) is 4.37 Å². The fourth-order valence-electron chi connectivity index (χ4n) is 1.35. The second-order valence-electron chi connectivity index (χ2n) is 3.56. The van der Waals surface area contributed by atoms with E-state index in [9.17, 15) is 4.79 Å². The highest BCUT2D eigenvalue weighted by Crippen LogP contribution is 2.23. The van der Waals surface area contributed by atoms with Crippen LogP contribution in [0.3, 0.4) is 0 Å². The fourth-order valence-corrected chi connectivity index (χ4v) is 1.91. The largest absolute Gasteiger partial charge is 0.435 e. The highest BCUT2D eigenvalue weighted by Gasteiger charge is 2.10. The van der Waals surface area contributed by atoms with Crippen LogP contribution in [0.5, 0.6) is 11.6 Å². The normalized spacial score (nSPS) is 10.3. The maximum absolute atomic E-state index is 11.6. The Hall–Kier alpha value is -1.46.